The van der Waals surface area contributed by atoms with Crippen LogP contribution < -0.4 is 5.32 Å². The summed E-state index contributed by atoms with van der Waals surface area (Å²) in [6.07, 6.45) is 1.92. The topological polar surface area (TPSA) is 46.2 Å². The lowest BCUT2D eigenvalue weighted by Crippen LogP contribution is -2.41. The van der Waals surface area contributed by atoms with Crippen molar-refractivity contribution in [2.75, 3.05) is 0 Å². The van der Waals surface area contributed by atoms with E-state index in [0.29, 0.717) is 12.8 Å². The molecule has 0 bridgehead atoms. The molecule has 0 radical (unpaired) electrons. The van der Waals surface area contributed by atoms with E-state index in [4.69, 9.17) is 0 Å². The summed E-state index contributed by atoms with van der Waals surface area (Å²) in [4.78, 5) is 23.5. The van der Waals surface area contributed by atoms with E-state index in [1.807, 2.05) is 17.5 Å². The number of hydrogen-bond donors (Lipinski definition) is 1. The van der Waals surface area contributed by atoms with Crippen LogP contribution in [0.1, 0.15) is 17.7 Å². The van der Waals surface area contributed by atoms with E-state index in [1.54, 1.807) is 11.3 Å². The molecule has 2 heterocycles. The van der Waals surface area contributed by atoms with E-state index in [9.17, 15) is 9.59 Å². The molecule has 0 spiro atoms. The Morgan fingerprint density at radius 1 is 1.50 bits per heavy atom. The van der Waals surface area contributed by atoms with Crippen molar-refractivity contribution in [2.45, 2.75) is 19.3 Å². The van der Waals surface area contributed by atoms with Crippen LogP contribution in [0.5, 0.6) is 0 Å². The van der Waals surface area contributed by atoms with Gasteiger partial charge in [-0.25, -0.2) is 0 Å². The first-order valence-electron chi connectivity index (χ1n) is 4.62. The fraction of sp³-hybridized carbons (Fsp3) is 0.400. The Bertz CT molecular complexity index is 345. The van der Waals surface area contributed by atoms with Gasteiger partial charge in [-0.3, -0.25) is 14.9 Å². The van der Waals surface area contributed by atoms with Crippen LogP contribution in [0.4, 0.5) is 0 Å². The molecule has 4 heteroatoms. The van der Waals surface area contributed by atoms with Crippen LogP contribution in [0.15, 0.2) is 17.5 Å². The largest absolute Gasteiger partial charge is 0.296 e. The zero-order chi connectivity index (χ0) is 9.97. The van der Waals surface area contributed by atoms with Gasteiger partial charge in [0, 0.05) is 17.2 Å². The van der Waals surface area contributed by atoms with E-state index in [2.05, 4.69) is 5.32 Å². The van der Waals surface area contributed by atoms with Crippen molar-refractivity contribution in [3.63, 3.8) is 0 Å². The smallest absolute Gasteiger partial charge is 0.230 e. The van der Waals surface area contributed by atoms with Crippen LogP contribution in [0.3, 0.4) is 0 Å². The average molecular weight is 209 g/mol. The molecule has 3 nitrogen and oxygen atoms in total. The van der Waals surface area contributed by atoms with E-state index in [1.165, 1.54) is 4.88 Å². The highest BCUT2D eigenvalue weighted by Gasteiger charge is 2.26. The fourth-order valence-electron chi connectivity index (χ4n) is 1.60. The number of imide groups is 1. The highest BCUT2D eigenvalue weighted by atomic mass is 32.1. The normalized spacial score (nSPS) is 22.1. The van der Waals surface area contributed by atoms with Crippen molar-refractivity contribution in [3.8, 4) is 0 Å². The fourth-order valence-corrected chi connectivity index (χ4v) is 2.39. The number of thiophene rings is 1. The lowest BCUT2D eigenvalue weighted by molar-refractivity contribution is -0.136. The van der Waals surface area contributed by atoms with Crippen molar-refractivity contribution in [1.82, 2.24) is 5.32 Å². The first-order valence-corrected chi connectivity index (χ1v) is 5.50. The molecule has 74 valence electrons. The third-order valence-corrected chi connectivity index (χ3v) is 3.28. The lowest BCUT2D eigenvalue weighted by Gasteiger charge is -2.19. The highest BCUT2D eigenvalue weighted by molar-refractivity contribution is 7.09. The Morgan fingerprint density at radius 2 is 2.36 bits per heavy atom. The Kier molecular flexibility index (Phi) is 2.63. The molecule has 0 saturated carbocycles. The second kappa shape index (κ2) is 3.92. The molecule has 14 heavy (non-hydrogen) atoms. The standard InChI is InChI=1S/C10H11NO2S/c12-9-4-3-7(10(13)11-9)6-8-2-1-5-14-8/h1-2,5,7H,3-4,6H2,(H,11,12,13). The number of amides is 2. The van der Waals surface area contributed by atoms with Crippen LogP contribution >= 0.6 is 11.3 Å². The van der Waals surface area contributed by atoms with Gasteiger partial charge in [0.05, 0.1) is 0 Å². The average Bonchev–Trinajstić information content (AvgIpc) is 2.62. The Morgan fingerprint density at radius 3 is 3.00 bits per heavy atom. The molecule has 1 fully saturated rings. The maximum atomic E-state index is 11.4. The third kappa shape index (κ3) is 2.01. The number of carbonyl (C=O) groups excluding carboxylic acids is 2. The molecule has 0 aliphatic carbocycles. The minimum absolute atomic E-state index is 0.0219. The monoisotopic (exact) mass is 209 g/mol. The van der Waals surface area contributed by atoms with Gasteiger partial charge in [0.25, 0.3) is 0 Å². The van der Waals surface area contributed by atoms with Crippen LogP contribution in [0.25, 0.3) is 0 Å². The summed E-state index contributed by atoms with van der Waals surface area (Å²) >= 11 is 1.65. The zero-order valence-corrected chi connectivity index (χ0v) is 8.47. The molecular weight excluding hydrogens is 198 g/mol. The lowest BCUT2D eigenvalue weighted by atomic mass is 9.94. The summed E-state index contributed by atoms with van der Waals surface area (Å²) in [5.41, 5.74) is 0. The molecule has 1 aromatic heterocycles. The Balaban J connectivity index is 1.99. The minimum atomic E-state index is -0.141. The molecule has 1 atom stereocenters. The second-order valence-electron chi connectivity index (χ2n) is 3.43. The maximum absolute atomic E-state index is 11.4. The molecule has 1 aromatic rings. The van der Waals surface area contributed by atoms with Gasteiger partial charge in [0.2, 0.25) is 11.8 Å². The molecule has 2 amide bonds. The van der Waals surface area contributed by atoms with Gasteiger partial charge in [-0.15, -0.1) is 11.3 Å². The highest BCUT2D eigenvalue weighted by Crippen LogP contribution is 2.20. The SMILES string of the molecule is O=C1CCC(Cc2cccs2)C(=O)N1. The van der Waals surface area contributed by atoms with Crippen molar-refractivity contribution in [1.29, 1.82) is 0 Å². The first-order chi connectivity index (χ1) is 6.75. The minimum Gasteiger partial charge on any atom is -0.296 e. The summed E-state index contributed by atoms with van der Waals surface area (Å²) in [6, 6.07) is 4.00. The molecule has 1 unspecified atom stereocenters. The Labute approximate surface area is 86.1 Å². The summed E-state index contributed by atoms with van der Waals surface area (Å²) in [5, 5.41) is 4.37. The molecule has 0 aromatic carbocycles. The summed E-state index contributed by atoms with van der Waals surface area (Å²) < 4.78 is 0. The molecule has 1 saturated heterocycles. The van der Waals surface area contributed by atoms with Gasteiger partial charge in [-0.2, -0.15) is 0 Å². The quantitative estimate of drug-likeness (QED) is 0.747. The molecule has 1 N–H and O–H groups in total. The van der Waals surface area contributed by atoms with E-state index in [0.717, 1.165) is 6.42 Å². The third-order valence-electron chi connectivity index (χ3n) is 2.38. The van der Waals surface area contributed by atoms with Crippen molar-refractivity contribution >= 4 is 23.2 Å². The molecule has 1 aliphatic heterocycles. The molecular formula is C10H11NO2S. The summed E-state index contributed by atoms with van der Waals surface area (Å²) in [5.74, 6) is -0.279. The molecule has 1 aliphatic rings. The van der Waals surface area contributed by atoms with Gasteiger partial charge in [0.1, 0.15) is 0 Å². The van der Waals surface area contributed by atoms with Crippen molar-refractivity contribution < 1.29 is 9.59 Å². The number of carbonyl (C=O) groups is 2. The van der Waals surface area contributed by atoms with Gasteiger partial charge >= 0.3 is 0 Å². The number of nitrogens with one attached hydrogen (secondary N) is 1. The van der Waals surface area contributed by atoms with Gasteiger partial charge in [0.15, 0.2) is 0 Å². The van der Waals surface area contributed by atoms with Crippen molar-refractivity contribution in [2.24, 2.45) is 5.92 Å². The predicted octanol–water partition coefficient (Wildman–Crippen LogP) is 1.34. The maximum Gasteiger partial charge on any atom is 0.230 e. The second-order valence-corrected chi connectivity index (χ2v) is 4.46. The first kappa shape index (κ1) is 9.40. The van der Waals surface area contributed by atoms with E-state index in [-0.39, 0.29) is 17.7 Å². The molecule has 2 rings (SSSR count). The van der Waals surface area contributed by atoms with Crippen LogP contribution in [0.2, 0.25) is 0 Å². The van der Waals surface area contributed by atoms with Crippen LogP contribution in [0, 0.1) is 5.92 Å². The number of piperidine rings is 1. The number of rotatable bonds is 2. The van der Waals surface area contributed by atoms with Gasteiger partial charge < -0.3 is 0 Å². The van der Waals surface area contributed by atoms with Crippen molar-refractivity contribution in [3.05, 3.63) is 22.4 Å². The predicted molar refractivity (Wildman–Crippen MR) is 53.9 cm³/mol. The van der Waals surface area contributed by atoms with Gasteiger partial charge in [-0.1, -0.05) is 6.07 Å². The van der Waals surface area contributed by atoms with Crippen LogP contribution in [-0.4, -0.2) is 11.8 Å². The van der Waals surface area contributed by atoms with Gasteiger partial charge in [-0.05, 0) is 24.3 Å². The van der Waals surface area contributed by atoms with E-state index < -0.39 is 0 Å². The summed E-state index contributed by atoms with van der Waals surface area (Å²) in [6.45, 7) is 0. The van der Waals surface area contributed by atoms with Crippen LogP contribution in [-0.2, 0) is 16.0 Å². The van der Waals surface area contributed by atoms with E-state index >= 15 is 0 Å². The summed E-state index contributed by atoms with van der Waals surface area (Å²) in [7, 11) is 0. The Hall–Kier alpha value is -1.16. The number of hydrogen-bond acceptors (Lipinski definition) is 3. The zero-order valence-electron chi connectivity index (χ0n) is 7.66.